The first-order chi connectivity index (χ1) is 18.9. The van der Waals surface area contributed by atoms with Gasteiger partial charge in [-0.05, 0) is 38.8 Å². The van der Waals surface area contributed by atoms with Gasteiger partial charge in [0, 0.05) is 13.1 Å². The van der Waals surface area contributed by atoms with E-state index < -0.39 is 47.5 Å². The summed E-state index contributed by atoms with van der Waals surface area (Å²) in [6.07, 6.45) is -1.06. The van der Waals surface area contributed by atoms with Crippen molar-refractivity contribution in [1.82, 2.24) is 26.2 Å². The molecule has 1 aliphatic rings. The van der Waals surface area contributed by atoms with E-state index in [9.17, 15) is 24.0 Å². The van der Waals surface area contributed by atoms with E-state index in [0.717, 1.165) is 11.1 Å². The molecule has 11 nitrogen and oxygen atoms in total. The number of benzene rings is 2. The van der Waals surface area contributed by atoms with Gasteiger partial charge in [-0.3, -0.25) is 19.2 Å². The van der Waals surface area contributed by atoms with Crippen LogP contribution in [0.15, 0.2) is 60.7 Å². The molecule has 2 aromatic rings. The van der Waals surface area contributed by atoms with Crippen molar-refractivity contribution in [2.45, 2.75) is 70.9 Å². The summed E-state index contributed by atoms with van der Waals surface area (Å²) in [5, 5.41) is 10.5. The van der Waals surface area contributed by atoms with E-state index in [4.69, 9.17) is 4.74 Å². The van der Waals surface area contributed by atoms with Gasteiger partial charge in [-0.25, -0.2) is 4.79 Å². The Labute approximate surface area is 234 Å². The lowest BCUT2D eigenvalue weighted by atomic mass is 10.0. The summed E-state index contributed by atoms with van der Waals surface area (Å²) < 4.78 is 5.25. The Kier molecular flexibility index (Phi) is 10.2. The van der Waals surface area contributed by atoms with Gasteiger partial charge < -0.3 is 30.9 Å². The number of hydrogen-bond donors (Lipinski definition) is 4. The zero-order valence-electron chi connectivity index (χ0n) is 23.2. The first kappa shape index (κ1) is 30.1. The first-order valence-corrected chi connectivity index (χ1v) is 13.2. The van der Waals surface area contributed by atoms with E-state index in [2.05, 4.69) is 21.3 Å². The van der Waals surface area contributed by atoms with Crippen LogP contribution in [0, 0.1) is 0 Å². The van der Waals surface area contributed by atoms with E-state index in [1.54, 1.807) is 27.7 Å². The molecule has 3 rings (SSSR count). The number of amides is 5. The van der Waals surface area contributed by atoms with Crippen molar-refractivity contribution in [1.29, 1.82) is 0 Å². The number of alkyl carbamates (subject to hydrolysis) is 1. The Balaban J connectivity index is 1.63. The highest BCUT2D eigenvalue weighted by Gasteiger charge is 2.41. The maximum Gasteiger partial charge on any atom is 0.407 e. The molecule has 214 valence electrons. The van der Waals surface area contributed by atoms with Crippen LogP contribution in [0.3, 0.4) is 0 Å². The average molecular weight is 552 g/mol. The number of nitrogens with one attached hydrogen (secondary N) is 4. The highest BCUT2D eigenvalue weighted by molar-refractivity contribution is 6.00. The van der Waals surface area contributed by atoms with Crippen molar-refractivity contribution < 1.29 is 28.7 Å². The summed E-state index contributed by atoms with van der Waals surface area (Å²) in [6, 6.07) is 15.4. The lowest BCUT2D eigenvalue weighted by Gasteiger charge is -2.39. The molecule has 3 atom stereocenters. The third kappa shape index (κ3) is 9.11. The molecule has 5 amide bonds. The number of carbonyl (C=O) groups excluding carboxylic acids is 5. The standard InChI is InChI=1S/C29H37N5O6/c1-19(25(36)30-16-20-11-7-5-8-12-20)32-24(35)15-22-27(38)34(18-21-13-9-6-10-14-21)23(26(37)33-22)17-31-28(39)40-29(2,3)4/h5-14,19,22-23H,15-18H2,1-4H3,(H,30,36)(H,31,39)(H,32,35)(H,33,37)/t19-,22-,23-/m0/s1. The first-order valence-electron chi connectivity index (χ1n) is 13.2. The van der Waals surface area contributed by atoms with Crippen LogP contribution < -0.4 is 21.3 Å². The van der Waals surface area contributed by atoms with Gasteiger partial charge in [0.05, 0.1) is 13.0 Å². The summed E-state index contributed by atoms with van der Waals surface area (Å²) >= 11 is 0. The maximum absolute atomic E-state index is 13.5. The molecule has 11 heteroatoms. The minimum atomic E-state index is -1.13. The molecule has 0 radical (unpaired) electrons. The fraction of sp³-hybridized carbons (Fsp3) is 0.414. The number of carbonyl (C=O) groups is 5. The average Bonchev–Trinajstić information content (AvgIpc) is 2.89. The van der Waals surface area contributed by atoms with Crippen molar-refractivity contribution in [3.05, 3.63) is 71.8 Å². The lowest BCUT2D eigenvalue weighted by molar-refractivity contribution is -0.151. The molecule has 4 N–H and O–H groups in total. The largest absolute Gasteiger partial charge is 0.444 e. The zero-order chi connectivity index (χ0) is 29.3. The fourth-order valence-corrected chi connectivity index (χ4v) is 4.12. The molecule has 0 spiro atoms. The van der Waals surface area contributed by atoms with Crippen LogP contribution in [-0.4, -0.2) is 64.9 Å². The normalized spacial score (nSPS) is 17.9. The molecule has 0 saturated carbocycles. The molecule has 40 heavy (non-hydrogen) atoms. The van der Waals surface area contributed by atoms with Crippen molar-refractivity contribution in [3.63, 3.8) is 0 Å². The van der Waals surface area contributed by atoms with Gasteiger partial charge in [0.2, 0.25) is 23.6 Å². The molecule has 2 aromatic carbocycles. The van der Waals surface area contributed by atoms with Gasteiger partial charge in [0.25, 0.3) is 0 Å². The Morgan fingerprint density at radius 3 is 2.15 bits per heavy atom. The van der Waals surface area contributed by atoms with E-state index in [0.29, 0.717) is 6.54 Å². The third-order valence-electron chi connectivity index (χ3n) is 6.08. The number of ether oxygens (including phenoxy) is 1. The van der Waals surface area contributed by atoms with Crippen LogP contribution in [0.25, 0.3) is 0 Å². The monoisotopic (exact) mass is 551 g/mol. The molecule has 1 fully saturated rings. The second-order valence-corrected chi connectivity index (χ2v) is 10.6. The van der Waals surface area contributed by atoms with Crippen molar-refractivity contribution in [3.8, 4) is 0 Å². The number of hydrogen-bond acceptors (Lipinski definition) is 6. The summed E-state index contributed by atoms with van der Waals surface area (Å²) in [5.74, 6) is -1.94. The minimum Gasteiger partial charge on any atom is -0.444 e. The SMILES string of the molecule is C[C@H](NC(=O)C[C@@H]1NC(=O)[C@H](CNC(=O)OC(C)(C)C)N(Cc2ccccc2)C1=O)C(=O)NCc1ccccc1. The van der Waals surface area contributed by atoms with Crippen LogP contribution in [0.1, 0.15) is 45.2 Å². The Morgan fingerprint density at radius 1 is 0.950 bits per heavy atom. The number of nitrogens with zero attached hydrogens (tertiary/aromatic N) is 1. The Morgan fingerprint density at radius 2 is 1.55 bits per heavy atom. The van der Waals surface area contributed by atoms with Gasteiger partial charge in [-0.2, -0.15) is 0 Å². The fourth-order valence-electron chi connectivity index (χ4n) is 4.12. The van der Waals surface area contributed by atoms with Crippen molar-refractivity contribution in [2.75, 3.05) is 6.54 Å². The lowest BCUT2D eigenvalue weighted by Crippen LogP contribution is -2.66. The van der Waals surface area contributed by atoms with Crippen LogP contribution in [0.4, 0.5) is 4.79 Å². The quantitative estimate of drug-likeness (QED) is 0.353. The molecule has 0 aliphatic carbocycles. The van der Waals surface area contributed by atoms with E-state index >= 15 is 0 Å². The summed E-state index contributed by atoms with van der Waals surface area (Å²) in [4.78, 5) is 65.3. The molecule has 1 aliphatic heterocycles. The summed E-state index contributed by atoms with van der Waals surface area (Å²) in [6.45, 7) is 6.93. The van der Waals surface area contributed by atoms with Crippen LogP contribution in [0.2, 0.25) is 0 Å². The highest BCUT2D eigenvalue weighted by atomic mass is 16.6. The number of rotatable bonds is 10. The van der Waals surface area contributed by atoms with Crippen LogP contribution in [-0.2, 0) is 37.0 Å². The molecule has 1 heterocycles. The second-order valence-electron chi connectivity index (χ2n) is 10.6. The topological polar surface area (TPSA) is 146 Å². The van der Waals surface area contributed by atoms with Crippen LogP contribution in [0.5, 0.6) is 0 Å². The second kappa shape index (κ2) is 13.6. The van der Waals surface area contributed by atoms with E-state index in [1.807, 2.05) is 60.7 Å². The highest BCUT2D eigenvalue weighted by Crippen LogP contribution is 2.17. The molecule has 0 aromatic heterocycles. The zero-order valence-corrected chi connectivity index (χ0v) is 23.2. The molecular weight excluding hydrogens is 514 g/mol. The van der Waals surface area contributed by atoms with E-state index in [-0.39, 0.29) is 25.4 Å². The third-order valence-corrected chi connectivity index (χ3v) is 6.08. The molecule has 0 bridgehead atoms. The minimum absolute atomic E-state index is 0.101. The van der Waals surface area contributed by atoms with Crippen molar-refractivity contribution >= 4 is 29.7 Å². The van der Waals surface area contributed by atoms with Crippen LogP contribution >= 0.6 is 0 Å². The van der Waals surface area contributed by atoms with Crippen molar-refractivity contribution in [2.24, 2.45) is 0 Å². The van der Waals surface area contributed by atoms with Gasteiger partial charge in [0.15, 0.2) is 0 Å². The van der Waals surface area contributed by atoms with Gasteiger partial charge in [0.1, 0.15) is 23.7 Å². The van der Waals surface area contributed by atoms with Gasteiger partial charge in [-0.15, -0.1) is 0 Å². The smallest absolute Gasteiger partial charge is 0.407 e. The van der Waals surface area contributed by atoms with Gasteiger partial charge >= 0.3 is 6.09 Å². The maximum atomic E-state index is 13.5. The van der Waals surface area contributed by atoms with E-state index in [1.165, 1.54) is 4.90 Å². The number of piperazine rings is 1. The molecule has 0 unspecified atom stereocenters. The Bertz CT molecular complexity index is 1200. The predicted molar refractivity (Wildman–Crippen MR) is 147 cm³/mol. The molecule has 1 saturated heterocycles. The molecular formula is C29H37N5O6. The summed E-state index contributed by atoms with van der Waals surface area (Å²) in [7, 11) is 0. The summed E-state index contributed by atoms with van der Waals surface area (Å²) in [5.41, 5.74) is 0.964. The van der Waals surface area contributed by atoms with Gasteiger partial charge in [-0.1, -0.05) is 60.7 Å². The predicted octanol–water partition coefficient (Wildman–Crippen LogP) is 1.62. The Hall–Kier alpha value is -4.41.